The van der Waals surface area contributed by atoms with E-state index in [1.165, 1.54) is 24.3 Å². The normalized spacial score (nSPS) is 12.5. The number of hydrogen-bond donors (Lipinski definition) is 0. The lowest BCUT2D eigenvalue weighted by atomic mass is 9.95. The summed E-state index contributed by atoms with van der Waals surface area (Å²) in [5.74, 6) is -0.563. The van der Waals surface area contributed by atoms with Crippen molar-refractivity contribution < 1.29 is 8.78 Å². The second kappa shape index (κ2) is 5.07. The van der Waals surface area contributed by atoms with E-state index in [9.17, 15) is 8.78 Å². The predicted octanol–water partition coefficient (Wildman–Crippen LogP) is 4.91. The van der Waals surface area contributed by atoms with E-state index in [2.05, 4.69) is 0 Å². The maximum atomic E-state index is 13.2. The van der Waals surface area contributed by atoms with Crippen LogP contribution in [0.25, 0.3) is 0 Å². The van der Waals surface area contributed by atoms with Gasteiger partial charge in [-0.2, -0.15) is 0 Å². The van der Waals surface area contributed by atoms with Gasteiger partial charge in [-0.05, 0) is 60.4 Å². The van der Waals surface area contributed by atoms with Gasteiger partial charge in [0.25, 0.3) is 0 Å². The molecule has 0 amide bonds. The smallest absolute Gasteiger partial charge is 0.123 e. The summed E-state index contributed by atoms with van der Waals surface area (Å²) in [6.45, 7) is 3.65. The molecule has 2 aromatic rings. The maximum absolute atomic E-state index is 13.2. The van der Waals surface area contributed by atoms with Crippen LogP contribution in [0.4, 0.5) is 8.78 Å². The Morgan fingerprint density at radius 1 is 0.889 bits per heavy atom. The van der Waals surface area contributed by atoms with Crippen molar-refractivity contribution in [1.82, 2.24) is 0 Å². The number of hydrogen-bond acceptors (Lipinski definition) is 0. The summed E-state index contributed by atoms with van der Waals surface area (Å²) in [4.78, 5) is 0. The predicted molar refractivity (Wildman–Crippen MR) is 70.0 cm³/mol. The van der Waals surface area contributed by atoms with Gasteiger partial charge >= 0.3 is 0 Å². The summed E-state index contributed by atoms with van der Waals surface area (Å²) in [6.07, 6.45) is 0. The lowest BCUT2D eigenvalue weighted by Crippen LogP contribution is -2.00. The van der Waals surface area contributed by atoms with Gasteiger partial charge in [-0.1, -0.05) is 12.1 Å². The molecule has 0 aliphatic carbocycles. The molecular formula is C15H13ClF2. The molecule has 1 unspecified atom stereocenters. The molecule has 0 radical (unpaired) electrons. The number of alkyl halides is 1. The first-order valence-electron chi connectivity index (χ1n) is 5.65. The van der Waals surface area contributed by atoms with Crippen molar-refractivity contribution in [2.24, 2.45) is 0 Å². The largest absolute Gasteiger partial charge is 0.207 e. The van der Waals surface area contributed by atoms with Crippen molar-refractivity contribution in [3.63, 3.8) is 0 Å². The minimum Gasteiger partial charge on any atom is -0.207 e. The third-order valence-electron chi connectivity index (χ3n) is 2.97. The first-order valence-corrected chi connectivity index (χ1v) is 6.09. The van der Waals surface area contributed by atoms with Crippen LogP contribution < -0.4 is 0 Å². The maximum Gasteiger partial charge on any atom is 0.123 e. The van der Waals surface area contributed by atoms with Crippen LogP contribution in [0.5, 0.6) is 0 Å². The Bertz CT molecular complexity index is 538. The van der Waals surface area contributed by atoms with Gasteiger partial charge in [0.05, 0.1) is 5.38 Å². The molecule has 0 saturated heterocycles. The molecule has 0 aliphatic rings. The van der Waals surface area contributed by atoms with Gasteiger partial charge in [-0.25, -0.2) is 8.78 Å². The molecule has 2 aromatic carbocycles. The quantitative estimate of drug-likeness (QED) is 0.678. The molecule has 0 aromatic heterocycles. The van der Waals surface area contributed by atoms with E-state index >= 15 is 0 Å². The average molecular weight is 267 g/mol. The van der Waals surface area contributed by atoms with E-state index in [0.29, 0.717) is 0 Å². The Kier molecular flexibility index (Phi) is 3.67. The van der Waals surface area contributed by atoms with Crippen molar-refractivity contribution in [2.75, 3.05) is 0 Å². The van der Waals surface area contributed by atoms with Gasteiger partial charge in [0, 0.05) is 0 Å². The lowest BCUT2D eigenvalue weighted by molar-refractivity contribution is 0.624. The van der Waals surface area contributed by atoms with Crippen molar-refractivity contribution in [2.45, 2.75) is 19.2 Å². The molecule has 0 aliphatic heterocycles. The van der Waals surface area contributed by atoms with Crippen LogP contribution in [0.1, 0.15) is 27.6 Å². The zero-order valence-corrected chi connectivity index (χ0v) is 10.9. The fraction of sp³-hybridized carbons (Fsp3) is 0.200. The third-order valence-corrected chi connectivity index (χ3v) is 3.44. The molecule has 0 N–H and O–H groups in total. The summed E-state index contributed by atoms with van der Waals surface area (Å²) in [7, 11) is 0. The van der Waals surface area contributed by atoms with E-state index in [4.69, 9.17) is 11.6 Å². The minimum atomic E-state index is -0.397. The molecule has 0 fully saturated rings. The molecule has 0 nitrogen and oxygen atoms in total. The van der Waals surface area contributed by atoms with E-state index in [1.54, 1.807) is 12.1 Å². The Hall–Kier alpha value is -1.41. The third kappa shape index (κ3) is 2.54. The summed E-state index contributed by atoms with van der Waals surface area (Å²) < 4.78 is 26.1. The highest BCUT2D eigenvalue weighted by molar-refractivity contribution is 6.22. The Balaban J connectivity index is 2.46. The van der Waals surface area contributed by atoms with Gasteiger partial charge in [-0.15, -0.1) is 11.6 Å². The van der Waals surface area contributed by atoms with Crippen LogP contribution in [-0.4, -0.2) is 0 Å². The van der Waals surface area contributed by atoms with Gasteiger partial charge in [0.2, 0.25) is 0 Å². The zero-order valence-electron chi connectivity index (χ0n) is 10.2. The van der Waals surface area contributed by atoms with Gasteiger partial charge in [0.15, 0.2) is 0 Å². The Morgan fingerprint density at radius 2 is 1.39 bits per heavy atom. The molecular weight excluding hydrogens is 254 g/mol. The molecule has 3 heteroatoms. The van der Waals surface area contributed by atoms with E-state index in [0.717, 1.165) is 22.3 Å². The van der Waals surface area contributed by atoms with Crippen LogP contribution in [0.3, 0.4) is 0 Å². The monoisotopic (exact) mass is 266 g/mol. The fourth-order valence-corrected chi connectivity index (χ4v) is 2.61. The standard InChI is InChI=1S/C15H13ClF2/c1-9-7-13(18)8-10(2)14(9)15(16)11-3-5-12(17)6-4-11/h3-8,15H,1-2H3. The van der Waals surface area contributed by atoms with Gasteiger partial charge < -0.3 is 0 Å². The summed E-state index contributed by atoms with van der Waals surface area (Å²) >= 11 is 6.40. The van der Waals surface area contributed by atoms with Crippen LogP contribution in [0.2, 0.25) is 0 Å². The first-order chi connectivity index (χ1) is 8.49. The van der Waals surface area contributed by atoms with Gasteiger partial charge in [0.1, 0.15) is 11.6 Å². The average Bonchev–Trinajstić information content (AvgIpc) is 2.28. The van der Waals surface area contributed by atoms with Crippen LogP contribution >= 0.6 is 11.6 Å². The van der Waals surface area contributed by atoms with Crippen molar-refractivity contribution in [3.8, 4) is 0 Å². The highest BCUT2D eigenvalue weighted by Crippen LogP contribution is 2.33. The molecule has 0 spiro atoms. The topological polar surface area (TPSA) is 0 Å². The lowest BCUT2D eigenvalue weighted by Gasteiger charge is -2.16. The number of aryl methyl sites for hydroxylation is 2. The highest BCUT2D eigenvalue weighted by atomic mass is 35.5. The van der Waals surface area contributed by atoms with Crippen LogP contribution in [-0.2, 0) is 0 Å². The second-order valence-electron chi connectivity index (χ2n) is 4.37. The second-order valence-corrected chi connectivity index (χ2v) is 4.80. The molecule has 2 rings (SSSR count). The van der Waals surface area contributed by atoms with E-state index < -0.39 is 5.38 Å². The summed E-state index contributed by atoms with van der Waals surface area (Å²) in [5, 5.41) is -0.397. The minimum absolute atomic E-state index is 0.267. The summed E-state index contributed by atoms with van der Waals surface area (Å²) in [6, 6.07) is 8.96. The molecule has 1 atom stereocenters. The summed E-state index contributed by atoms with van der Waals surface area (Å²) in [5.41, 5.74) is 3.29. The molecule has 18 heavy (non-hydrogen) atoms. The Labute approximate surface area is 110 Å². The van der Waals surface area contributed by atoms with Crippen molar-refractivity contribution in [1.29, 1.82) is 0 Å². The number of halogens is 3. The van der Waals surface area contributed by atoms with Crippen LogP contribution in [0, 0.1) is 25.5 Å². The molecule has 94 valence electrons. The molecule has 0 heterocycles. The van der Waals surface area contributed by atoms with Gasteiger partial charge in [-0.3, -0.25) is 0 Å². The zero-order chi connectivity index (χ0) is 13.3. The van der Waals surface area contributed by atoms with E-state index in [1.807, 2.05) is 13.8 Å². The number of rotatable bonds is 2. The Morgan fingerprint density at radius 3 is 1.89 bits per heavy atom. The van der Waals surface area contributed by atoms with Crippen molar-refractivity contribution >= 4 is 11.6 Å². The van der Waals surface area contributed by atoms with E-state index in [-0.39, 0.29) is 11.6 Å². The molecule has 0 bridgehead atoms. The number of benzene rings is 2. The fourth-order valence-electron chi connectivity index (χ4n) is 2.12. The molecule has 0 saturated carbocycles. The highest BCUT2D eigenvalue weighted by Gasteiger charge is 2.16. The first kappa shape index (κ1) is 13.0. The van der Waals surface area contributed by atoms with Crippen molar-refractivity contribution in [3.05, 3.63) is 70.3 Å². The van der Waals surface area contributed by atoms with Crippen LogP contribution in [0.15, 0.2) is 36.4 Å². The SMILES string of the molecule is Cc1cc(F)cc(C)c1C(Cl)c1ccc(F)cc1.